The van der Waals surface area contributed by atoms with Crippen LogP contribution in [0.1, 0.15) is 24.3 Å². The molecule has 1 aliphatic carbocycles. The third kappa shape index (κ3) is 3.51. The lowest BCUT2D eigenvalue weighted by Crippen LogP contribution is -2.14. The molecular formula is C18H17FN2O3S. The van der Waals surface area contributed by atoms with Crippen molar-refractivity contribution in [2.45, 2.75) is 18.8 Å². The van der Waals surface area contributed by atoms with E-state index in [-0.39, 0.29) is 11.7 Å². The summed E-state index contributed by atoms with van der Waals surface area (Å²) in [4.78, 5) is 4.49. The zero-order chi connectivity index (χ0) is 17.6. The van der Waals surface area contributed by atoms with Gasteiger partial charge in [-0.1, -0.05) is 0 Å². The number of anilines is 1. The molecular weight excluding hydrogens is 343 g/mol. The first-order chi connectivity index (χ1) is 11.9. The first-order valence-electron chi connectivity index (χ1n) is 8.01. The van der Waals surface area contributed by atoms with Crippen LogP contribution in [-0.2, 0) is 9.84 Å². The first kappa shape index (κ1) is 16.1. The highest BCUT2D eigenvalue weighted by Gasteiger charge is 2.28. The molecule has 0 bridgehead atoms. The number of nitrogens with zero attached hydrogens (tertiary/aromatic N) is 1. The van der Waals surface area contributed by atoms with Gasteiger partial charge in [0.15, 0.2) is 9.84 Å². The molecule has 0 atom stereocenters. The number of furan rings is 1. The number of pyridine rings is 1. The van der Waals surface area contributed by atoms with Crippen LogP contribution in [0.15, 0.2) is 40.8 Å². The van der Waals surface area contributed by atoms with Crippen molar-refractivity contribution in [1.82, 2.24) is 4.98 Å². The number of hydrogen-bond donors (Lipinski definition) is 1. The Kier molecular flexibility index (Phi) is 3.76. The van der Waals surface area contributed by atoms with E-state index >= 15 is 0 Å². The fraction of sp³-hybridized carbons (Fsp3) is 0.278. The Morgan fingerprint density at radius 1 is 1.24 bits per heavy atom. The Labute approximate surface area is 144 Å². The van der Waals surface area contributed by atoms with Gasteiger partial charge in [-0.3, -0.25) is 0 Å². The smallest absolute Gasteiger partial charge is 0.228 e. The number of fused-ring (bicyclic) bond motifs is 1. The number of nitrogens with one attached hydrogen (secondary N) is 1. The summed E-state index contributed by atoms with van der Waals surface area (Å²) in [6.07, 6.45) is 3.32. The summed E-state index contributed by atoms with van der Waals surface area (Å²) in [7, 11) is -3.16. The molecule has 0 amide bonds. The highest BCUT2D eigenvalue weighted by Crippen LogP contribution is 2.44. The largest absolute Gasteiger partial charge is 0.438 e. The van der Waals surface area contributed by atoms with Crippen LogP contribution >= 0.6 is 0 Å². The van der Waals surface area contributed by atoms with Gasteiger partial charge in [0.25, 0.3) is 0 Å². The maximum Gasteiger partial charge on any atom is 0.228 e. The van der Waals surface area contributed by atoms with Crippen molar-refractivity contribution in [1.29, 1.82) is 0 Å². The van der Waals surface area contributed by atoms with E-state index in [1.807, 2.05) is 12.1 Å². The van der Waals surface area contributed by atoms with Crippen LogP contribution in [0.2, 0.25) is 0 Å². The lowest BCUT2D eigenvalue weighted by Gasteiger charge is -2.09. The van der Waals surface area contributed by atoms with E-state index in [1.165, 1.54) is 18.4 Å². The van der Waals surface area contributed by atoms with Gasteiger partial charge in [-0.15, -0.1) is 0 Å². The van der Waals surface area contributed by atoms with Crippen molar-refractivity contribution in [2.75, 3.05) is 17.4 Å². The number of halogens is 1. The molecule has 1 aliphatic rings. The summed E-state index contributed by atoms with van der Waals surface area (Å²) >= 11 is 0. The molecule has 2 heterocycles. The van der Waals surface area contributed by atoms with Crippen LogP contribution < -0.4 is 5.32 Å². The summed E-state index contributed by atoms with van der Waals surface area (Å²) in [5.41, 5.74) is 2.21. The van der Waals surface area contributed by atoms with Gasteiger partial charge in [-0.25, -0.2) is 12.8 Å². The minimum Gasteiger partial charge on any atom is -0.438 e. The van der Waals surface area contributed by atoms with Crippen LogP contribution in [0, 0.1) is 5.82 Å². The van der Waals surface area contributed by atoms with Crippen molar-refractivity contribution >= 4 is 26.8 Å². The number of benzene rings is 1. The van der Waals surface area contributed by atoms with Gasteiger partial charge in [-0.2, -0.15) is 4.98 Å². The van der Waals surface area contributed by atoms with Gasteiger partial charge < -0.3 is 9.73 Å². The molecule has 2 aromatic heterocycles. The fourth-order valence-electron chi connectivity index (χ4n) is 2.79. The normalized spacial score (nSPS) is 14.8. The summed E-state index contributed by atoms with van der Waals surface area (Å²) in [6.45, 7) is 0. The minimum absolute atomic E-state index is 0.170. The Morgan fingerprint density at radius 3 is 2.60 bits per heavy atom. The van der Waals surface area contributed by atoms with E-state index < -0.39 is 9.84 Å². The second kappa shape index (κ2) is 5.84. The quantitative estimate of drug-likeness (QED) is 0.746. The maximum absolute atomic E-state index is 13.1. The van der Waals surface area contributed by atoms with Crippen molar-refractivity contribution in [2.24, 2.45) is 0 Å². The molecule has 1 fully saturated rings. The third-order valence-corrected chi connectivity index (χ3v) is 4.85. The Bertz CT molecular complexity index is 1040. The number of hydrogen-bond acceptors (Lipinski definition) is 5. The molecule has 0 radical (unpaired) electrons. The van der Waals surface area contributed by atoms with Crippen LogP contribution in [0.4, 0.5) is 10.2 Å². The number of rotatable bonds is 5. The highest BCUT2D eigenvalue weighted by molar-refractivity contribution is 7.90. The van der Waals surface area contributed by atoms with Gasteiger partial charge in [0.1, 0.15) is 23.3 Å². The molecule has 1 saturated carbocycles. The number of aromatic nitrogens is 1. The van der Waals surface area contributed by atoms with Crippen LogP contribution in [0.25, 0.3) is 22.4 Å². The molecule has 130 valence electrons. The standard InChI is InChI=1S/C18H17FN2O3S/c1-25(22,23)10-20-17-15(11-2-3-11)8-13-9-16(24-18(13)21-17)12-4-6-14(19)7-5-12/h4-9,11H,2-3,10H2,1H3,(H,20,21). The van der Waals surface area contributed by atoms with E-state index in [9.17, 15) is 12.8 Å². The Balaban J connectivity index is 1.75. The van der Waals surface area contributed by atoms with E-state index in [2.05, 4.69) is 10.3 Å². The Hall–Kier alpha value is -2.41. The zero-order valence-corrected chi connectivity index (χ0v) is 14.4. The molecule has 7 heteroatoms. The van der Waals surface area contributed by atoms with Crippen LogP contribution in [0.5, 0.6) is 0 Å². The van der Waals surface area contributed by atoms with Crippen molar-refractivity contribution in [3.8, 4) is 11.3 Å². The van der Waals surface area contributed by atoms with Crippen molar-refractivity contribution < 1.29 is 17.2 Å². The molecule has 0 unspecified atom stereocenters. The van der Waals surface area contributed by atoms with Gasteiger partial charge in [0.05, 0.1) is 0 Å². The average Bonchev–Trinajstić information content (AvgIpc) is 3.31. The second-order valence-corrected chi connectivity index (χ2v) is 8.60. The molecule has 1 aromatic carbocycles. The summed E-state index contributed by atoms with van der Waals surface area (Å²) in [5, 5.41) is 3.77. The SMILES string of the molecule is CS(=O)(=O)CNc1nc2oc(-c3ccc(F)cc3)cc2cc1C1CC1. The molecule has 4 rings (SSSR count). The van der Waals surface area contributed by atoms with Gasteiger partial charge in [0.2, 0.25) is 5.71 Å². The molecule has 5 nitrogen and oxygen atoms in total. The van der Waals surface area contributed by atoms with Crippen molar-refractivity contribution in [3.63, 3.8) is 0 Å². The van der Waals surface area contributed by atoms with E-state index in [1.54, 1.807) is 12.1 Å². The molecule has 25 heavy (non-hydrogen) atoms. The third-order valence-electron chi connectivity index (χ3n) is 4.19. The number of sulfone groups is 1. The predicted molar refractivity (Wildman–Crippen MR) is 94.7 cm³/mol. The van der Waals surface area contributed by atoms with E-state index in [0.29, 0.717) is 23.2 Å². The van der Waals surface area contributed by atoms with Crippen molar-refractivity contribution in [3.05, 3.63) is 47.8 Å². The molecule has 0 saturated heterocycles. The molecule has 0 spiro atoms. The topological polar surface area (TPSA) is 72.2 Å². The first-order valence-corrected chi connectivity index (χ1v) is 10.1. The molecule has 1 N–H and O–H groups in total. The van der Waals surface area contributed by atoms with Gasteiger partial charge >= 0.3 is 0 Å². The lowest BCUT2D eigenvalue weighted by molar-refractivity contribution is 0.602. The van der Waals surface area contributed by atoms with Gasteiger partial charge in [-0.05, 0) is 60.7 Å². The van der Waals surface area contributed by atoms with E-state index in [4.69, 9.17) is 4.42 Å². The summed E-state index contributed by atoms with van der Waals surface area (Å²) < 4.78 is 41.8. The van der Waals surface area contributed by atoms with Crippen LogP contribution in [0.3, 0.4) is 0 Å². The fourth-order valence-corrected chi connectivity index (χ4v) is 3.19. The average molecular weight is 360 g/mol. The predicted octanol–water partition coefficient (Wildman–Crippen LogP) is 3.93. The highest BCUT2D eigenvalue weighted by atomic mass is 32.2. The second-order valence-electron chi connectivity index (χ2n) is 6.46. The lowest BCUT2D eigenvalue weighted by atomic mass is 10.1. The zero-order valence-electron chi connectivity index (χ0n) is 13.6. The molecule has 0 aliphatic heterocycles. The van der Waals surface area contributed by atoms with Gasteiger partial charge in [0, 0.05) is 17.2 Å². The Morgan fingerprint density at radius 2 is 1.96 bits per heavy atom. The monoisotopic (exact) mass is 360 g/mol. The minimum atomic E-state index is -3.16. The summed E-state index contributed by atoms with van der Waals surface area (Å²) in [5.74, 6) is 1.09. The molecule has 3 aromatic rings. The van der Waals surface area contributed by atoms with E-state index in [0.717, 1.165) is 29.4 Å². The summed E-state index contributed by atoms with van der Waals surface area (Å²) in [6, 6.07) is 9.94. The maximum atomic E-state index is 13.1. The van der Waals surface area contributed by atoms with Crippen LogP contribution in [-0.4, -0.2) is 25.5 Å².